The predicted molar refractivity (Wildman–Crippen MR) is 129 cm³/mol. The molecule has 7 nitrogen and oxygen atoms in total. The van der Waals surface area contributed by atoms with E-state index in [1.54, 1.807) is 35.6 Å². The average molecular weight is 471 g/mol. The summed E-state index contributed by atoms with van der Waals surface area (Å²) in [4.78, 5) is 44.6. The predicted octanol–water partition coefficient (Wildman–Crippen LogP) is 4.05. The van der Waals surface area contributed by atoms with Crippen LogP contribution in [0, 0.1) is 0 Å². The number of carbonyl (C=O) groups is 3. The molecule has 2 aromatic rings. The van der Waals surface area contributed by atoms with Crippen molar-refractivity contribution in [2.75, 3.05) is 18.4 Å². The second-order valence-corrected chi connectivity index (χ2v) is 10.1. The van der Waals surface area contributed by atoms with E-state index in [9.17, 15) is 14.4 Å². The van der Waals surface area contributed by atoms with E-state index in [-0.39, 0.29) is 30.2 Å². The third-order valence-electron chi connectivity index (χ3n) is 5.47. The molecule has 0 spiro atoms. The van der Waals surface area contributed by atoms with Gasteiger partial charge in [0.25, 0.3) is 11.8 Å². The lowest BCUT2D eigenvalue weighted by atomic mass is 10.1. The van der Waals surface area contributed by atoms with E-state index >= 15 is 0 Å². The number of nitrogens with zero attached hydrogens (tertiary/aromatic N) is 2. The van der Waals surface area contributed by atoms with Crippen LogP contribution in [-0.2, 0) is 9.59 Å². The summed E-state index contributed by atoms with van der Waals surface area (Å²) >= 11 is 2.99. The first-order valence-electron chi connectivity index (χ1n) is 10.8. The average Bonchev–Trinajstić information content (AvgIpc) is 3.45. The molecule has 2 aliphatic rings. The Hall–Kier alpha value is -2.65. The highest BCUT2D eigenvalue weighted by atomic mass is 32.2. The zero-order valence-electron chi connectivity index (χ0n) is 17.9. The number of rotatable bonds is 6. The molecule has 9 heteroatoms. The van der Waals surface area contributed by atoms with Crippen molar-refractivity contribution < 1.29 is 14.4 Å². The topological polar surface area (TPSA) is 90.9 Å². The summed E-state index contributed by atoms with van der Waals surface area (Å²) in [6.45, 7) is 3.79. The quantitative estimate of drug-likeness (QED) is 0.665. The number of piperidine rings is 1. The van der Waals surface area contributed by atoms with E-state index in [1.165, 1.54) is 18.2 Å². The molecule has 1 fully saturated rings. The number of hydrogen-bond acceptors (Lipinski definition) is 6. The number of thioether (sulfide) groups is 1. The van der Waals surface area contributed by atoms with Crippen molar-refractivity contribution in [1.29, 1.82) is 0 Å². The van der Waals surface area contributed by atoms with E-state index in [0.717, 1.165) is 36.0 Å². The third kappa shape index (κ3) is 5.58. The number of anilines is 1. The fourth-order valence-electron chi connectivity index (χ4n) is 3.70. The number of aliphatic imine (C=N–C) groups is 1. The highest BCUT2D eigenvalue weighted by molar-refractivity contribution is 8.15. The number of amides is 3. The van der Waals surface area contributed by atoms with Gasteiger partial charge >= 0.3 is 0 Å². The molecule has 0 saturated carbocycles. The zero-order chi connectivity index (χ0) is 22.5. The van der Waals surface area contributed by atoms with Crippen molar-refractivity contribution in [2.45, 2.75) is 43.9 Å². The highest BCUT2D eigenvalue weighted by Gasteiger charge is 2.33. The van der Waals surface area contributed by atoms with Crippen molar-refractivity contribution in [3.8, 4) is 0 Å². The molecule has 2 aliphatic heterocycles. The van der Waals surface area contributed by atoms with Gasteiger partial charge in [-0.2, -0.15) is 4.99 Å². The van der Waals surface area contributed by atoms with E-state index in [2.05, 4.69) is 20.5 Å². The maximum absolute atomic E-state index is 12.5. The maximum atomic E-state index is 12.5. The smallest absolute Gasteiger partial charge is 0.262 e. The number of likely N-dealkylation sites (tertiary alicyclic amines) is 1. The van der Waals surface area contributed by atoms with Gasteiger partial charge in [-0.05, 0) is 61.9 Å². The SMILES string of the molecule is C[C@H](NC(=O)c1ccc(NC(=O)C[C@H]2SC(N3CCCCC3)=NC2=O)cc1)c1cccs1. The Morgan fingerprint density at radius 3 is 2.59 bits per heavy atom. The van der Waals surface area contributed by atoms with Crippen molar-refractivity contribution in [2.24, 2.45) is 4.99 Å². The van der Waals surface area contributed by atoms with Crippen LogP contribution in [0.3, 0.4) is 0 Å². The Bertz CT molecular complexity index is 999. The molecule has 0 aliphatic carbocycles. The van der Waals surface area contributed by atoms with Crippen LogP contribution in [0.2, 0.25) is 0 Å². The second kappa shape index (κ2) is 10.3. The molecule has 32 heavy (non-hydrogen) atoms. The van der Waals surface area contributed by atoms with Crippen LogP contribution >= 0.6 is 23.1 Å². The molecular formula is C23H26N4O3S2. The first-order chi connectivity index (χ1) is 15.5. The van der Waals surface area contributed by atoms with Gasteiger partial charge in [0.2, 0.25) is 5.91 Å². The first kappa shape index (κ1) is 22.5. The molecule has 1 aromatic carbocycles. The molecule has 2 N–H and O–H groups in total. The van der Waals surface area contributed by atoms with Gasteiger partial charge in [0.1, 0.15) is 5.25 Å². The zero-order valence-corrected chi connectivity index (χ0v) is 19.5. The number of benzene rings is 1. The van der Waals surface area contributed by atoms with Crippen molar-refractivity contribution in [3.63, 3.8) is 0 Å². The monoisotopic (exact) mass is 470 g/mol. The van der Waals surface area contributed by atoms with Crippen molar-refractivity contribution >= 4 is 51.7 Å². The standard InChI is InChI=1S/C23H26N4O3S2/c1-15(18-6-5-13-31-18)24-21(29)16-7-9-17(10-8-16)25-20(28)14-19-22(30)26-23(32-19)27-11-3-2-4-12-27/h5-10,13,15,19H,2-4,11-12,14H2,1H3,(H,24,29)(H,25,28)/t15-,19+/m0/s1. The molecule has 4 rings (SSSR count). The second-order valence-electron chi connectivity index (χ2n) is 7.93. The summed E-state index contributed by atoms with van der Waals surface area (Å²) in [6, 6.07) is 10.6. The summed E-state index contributed by atoms with van der Waals surface area (Å²) in [5.41, 5.74) is 1.11. The van der Waals surface area contributed by atoms with Crippen molar-refractivity contribution in [1.82, 2.24) is 10.2 Å². The number of hydrogen-bond donors (Lipinski definition) is 2. The molecule has 1 saturated heterocycles. The van der Waals surface area contributed by atoms with Crippen LogP contribution in [0.15, 0.2) is 46.8 Å². The lowest BCUT2D eigenvalue weighted by Gasteiger charge is -2.27. The summed E-state index contributed by atoms with van der Waals surface area (Å²) in [7, 11) is 0. The van der Waals surface area contributed by atoms with Gasteiger partial charge in [-0.15, -0.1) is 11.3 Å². The van der Waals surface area contributed by atoms with E-state index in [0.29, 0.717) is 11.3 Å². The van der Waals surface area contributed by atoms with Gasteiger partial charge in [-0.1, -0.05) is 17.8 Å². The Labute approximate surface area is 195 Å². The summed E-state index contributed by atoms with van der Waals surface area (Å²) < 4.78 is 0. The van der Waals surface area contributed by atoms with Crippen LogP contribution in [0.5, 0.6) is 0 Å². The van der Waals surface area contributed by atoms with E-state index in [4.69, 9.17) is 0 Å². The molecule has 3 amide bonds. The normalized spacial score (nSPS) is 19.4. The van der Waals surface area contributed by atoms with Gasteiger partial charge in [0.05, 0.1) is 6.04 Å². The van der Waals surface area contributed by atoms with Gasteiger partial charge in [0.15, 0.2) is 5.17 Å². The number of amidine groups is 1. The van der Waals surface area contributed by atoms with Gasteiger partial charge in [0, 0.05) is 35.6 Å². The maximum Gasteiger partial charge on any atom is 0.262 e. The summed E-state index contributed by atoms with van der Waals surface area (Å²) in [5, 5.41) is 8.04. The minimum absolute atomic E-state index is 0.0691. The fourth-order valence-corrected chi connectivity index (χ4v) is 5.56. The van der Waals surface area contributed by atoms with Gasteiger partial charge in [-0.25, -0.2) is 0 Å². The molecule has 1 aromatic heterocycles. The molecule has 0 radical (unpaired) electrons. The lowest BCUT2D eigenvalue weighted by molar-refractivity contribution is -0.121. The minimum Gasteiger partial charge on any atom is -0.351 e. The van der Waals surface area contributed by atoms with Gasteiger partial charge < -0.3 is 15.5 Å². The largest absolute Gasteiger partial charge is 0.351 e. The fraction of sp³-hybridized carbons (Fsp3) is 0.391. The lowest BCUT2D eigenvalue weighted by Crippen LogP contribution is -2.33. The summed E-state index contributed by atoms with van der Waals surface area (Å²) in [6.07, 6.45) is 3.51. The number of nitrogens with one attached hydrogen (secondary N) is 2. The van der Waals surface area contributed by atoms with Crippen LogP contribution in [0.1, 0.15) is 53.9 Å². The minimum atomic E-state index is -0.476. The molecule has 3 heterocycles. The van der Waals surface area contributed by atoms with Gasteiger partial charge in [-0.3, -0.25) is 14.4 Å². The Balaban J connectivity index is 1.27. The highest BCUT2D eigenvalue weighted by Crippen LogP contribution is 2.29. The Morgan fingerprint density at radius 1 is 1.16 bits per heavy atom. The molecule has 0 bridgehead atoms. The molecule has 2 atom stereocenters. The molecular weight excluding hydrogens is 444 g/mol. The van der Waals surface area contributed by atoms with Crippen LogP contribution < -0.4 is 10.6 Å². The van der Waals surface area contributed by atoms with E-state index < -0.39 is 5.25 Å². The van der Waals surface area contributed by atoms with Crippen molar-refractivity contribution in [3.05, 3.63) is 52.2 Å². The third-order valence-corrected chi connectivity index (χ3v) is 7.74. The van der Waals surface area contributed by atoms with E-state index in [1.807, 2.05) is 24.4 Å². The molecule has 168 valence electrons. The number of carbonyl (C=O) groups excluding carboxylic acids is 3. The molecule has 0 unspecified atom stereocenters. The Kier molecular flexibility index (Phi) is 7.26. The summed E-state index contributed by atoms with van der Waals surface area (Å²) in [5.74, 6) is -0.647. The van der Waals surface area contributed by atoms with Crippen LogP contribution in [0.25, 0.3) is 0 Å². The Morgan fingerprint density at radius 2 is 1.91 bits per heavy atom. The van der Waals surface area contributed by atoms with Crippen LogP contribution in [-0.4, -0.2) is 46.1 Å². The van der Waals surface area contributed by atoms with Crippen LogP contribution in [0.4, 0.5) is 5.69 Å². The number of thiophene rings is 1. The first-order valence-corrected chi connectivity index (χ1v) is 12.5.